The zero-order chi connectivity index (χ0) is 12.5. The summed E-state index contributed by atoms with van der Waals surface area (Å²) in [5.41, 5.74) is -0.241. The van der Waals surface area contributed by atoms with Crippen LogP contribution < -0.4 is 5.32 Å². The Bertz CT molecular complexity index is 544. The number of para-hydroxylation sites is 1. The fraction of sp³-hybridized carbons (Fsp3) is 0.364. The van der Waals surface area contributed by atoms with Gasteiger partial charge in [-0.3, -0.25) is 0 Å². The third-order valence-corrected chi connectivity index (χ3v) is 2.81. The molecule has 1 N–H and O–H groups in total. The summed E-state index contributed by atoms with van der Waals surface area (Å²) in [6.07, 6.45) is 2.24. The van der Waals surface area contributed by atoms with Gasteiger partial charge in [-0.1, -0.05) is 6.07 Å². The van der Waals surface area contributed by atoms with E-state index in [-0.39, 0.29) is 5.69 Å². The average molecular weight is 251 g/mol. The first-order valence-electron chi connectivity index (χ1n) is 5.71. The number of halogens is 2. The molecule has 1 aliphatic carbocycles. The molecule has 7 heteroatoms. The third-order valence-electron chi connectivity index (χ3n) is 2.81. The number of rotatable bonds is 4. The van der Waals surface area contributed by atoms with Crippen LogP contribution in [0.15, 0.2) is 18.2 Å². The van der Waals surface area contributed by atoms with Gasteiger partial charge in [0, 0.05) is 6.04 Å². The second-order valence-electron chi connectivity index (χ2n) is 4.23. The maximum atomic E-state index is 13.6. The van der Waals surface area contributed by atoms with Crippen LogP contribution in [-0.2, 0) is 6.54 Å². The van der Waals surface area contributed by atoms with E-state index in [9.17, 15) is 8.78 Å². The first kappa shape index (κ1) is 11.2. The Morgan fingerprint density at radius 1 is 1.28 bits per heavy atom. The minimum absolute atomic E-state index is 0.241. The molecule has 94 valence electrons. The quantitative estimate of drug-likeness (QED) is 0.887. The van der Waals surface area contributed by atoms with Gasteiger partial charge in [-0.05, 0) is 35.4 Å². The van der Waals surface area contributed by atoms with E-state index in [4.69, 9.17) is 0 Å². The summed E-state index contributed by atoms with van der Waals surface area (Å²) in [4.78, 5) is 0. The highest BCUT2D eigenvalue weighted by Gasteiger charge is 2.22. The lowest BCUT2D eigenvalue weighted by Crippen LogP contribution is -2.19. The number of benzene rings is 1. The highest BCUT2D eigenvalue weighted by atomic mass is 19.1. The summed E-state index contributed by atoms with van der Waals surface area (Å²) in [7, 11) is 0. The topological polar surface area (TPSA) is 55.6 Å². The molecule has 1 aliphatic rings. The van der Waals surface area contributed by atoms with Crippen molar-refractivity contribution in [1.29, 1.82) is 0 Å². The van der Waals surface area contributed by atoms with E-state index in [0.717, 1.165) is 17.5 Å². The van der Waals surface area contributed by atoms with Gasteiger partial charge >= 0.3 is 0 Å². The molecular weight excluding hydrogens is 240 g/mol. The molecule has 0 radical (unpaired) electrons. The molecule has 1 heterocycles. The van der Waals surface area contributed by atoms with E-state index in [1.165, 1.54) is 18.2 Å². The zero-order valence-corrected chi connectivity index (χ0v) is 9.48. The van der Waals surface area contributed by atoms with Crippen molar-refractivity contribution in [2.45, 2.75) is 25.4 Å². The minimum atomic E-state index is -0.685. The first-order valence-corrected chi connectivity index (χ1v) is 5.71. The average Bonchev–Trinajstić information content (AvgIpc) is 3.06. The maximum absolute atomic E-state index is 13.6. The summed E-state index contributed by atoms with van der Waals surface area (Å²) in [6, 6.07) is 4.14. The van der Waals surface area contributed by atoms with Crippen LogP contribution in [0.4, 0.5) is 8.78 Å². The lowest BCUT2D eigenvalue weighted by Gasteiger charge is -2.07. The minimum Gasteiger partial charge on any atom is -0.307 e. The van der Waals surface area contributed by atoms with Gasteiger partial charge in [-0.15, -0.1) is 5.10 Å². The molecule has 0 aliphatic heterocycles. The van der Waals surface area contributed by atoms with E-state index >= 15 is 0 Å². The molecule has 0 bridgehead atoms. The van der Waals surface area contributed by atoms with E-state index < -0.39 is 11.6 Å². The van der Waals surface area contributed by atoms with E-state index in [0.29, 0.717) is 18.4 Å². The molecule has 1 fully saturated rings. The van der Waals surface area contributed by atoms with Gasteiger partial charge in [0.1, 0.15) is 5.69 Å². The molecule has 3 rings (SSSR count). The smallest absolute Gasteiger partial charge is 0.170 e. The van der Waals surface area contributed by atoms with Crippen molar-refractivity contribution in [2.24, 2.45) is 0 Å². The summed E-state index contributed by atoms with van der Waals surface area (Å²) < 4.78 is 28.4. The number of hydrogen-bond acceptors (Lipinski definition) is 4. The van der Waals surface area contributed by atoms with Gasteiger partial charge in [0.05, 0.1) is 6.54 Å². The lowest BCUT2D eigenvalue weighted by atomic mass is 10.3. The Morgan fingerprint density at radius 2 is 2.00 bits per heavy atom. The predicted octanol–water partition coefficient (Wildman–Crippen LogP) is 1.19. The van der Waals surface area contributed by atoms with Gasteiger partial charge in [0.15, 0.2) is 17.5 Å². The monoisotopic (exact) mass is 251 g/mol. The van der Waals surface area contributed by atoms with Crippen LogP contribution in [0.25, 0.3) is 5.69 Å². The van der Waals surface area contributed by atoms with Crippen LogP contribution in [0.3, 0.4) is 0 Å². The molecule has 5 nitrogen and oxygen atoms in total. The molecular formula is C11H11F2N5. The lowest BCUT2D eigenvalue weighted by molar-refractivity contribution is 0.545. The van der Waals surface area contributed by atoms with Gasteiger partial charge in [0.2, 0.25) is 0 Å². The molecule has 0 amide bonds. The molecule has 0 unspecified atom stereocenters. The van der Waals surface area contributed by atoms with E-state index in [1.807, 2.05) is 0 Å². The molecule has 2 aromatic rings. The van der Waals surface area contributed by atoms with Crippen molar-refractivity contribution in [1.82, 2.24) is 25.5 Å². The highest BCUT2D eigenvalue weighted by molar-refractivity contribution is 5.34. The fourth-order valence-electron chi connectivity index (χ4n) is 1.70. The summed E-state index contributed by atoms with van der Waals surface area (Å²) in [6.45, 7) is 0.394. The Morgan fingerprint density at radius 3 is 2.67 bits per heavy atom. The largest absolute Gasteiger partial charge is 0.307 e. The maximum Gasteiger partial charge on any atom is 0.170 e. The van der Waals surface area contributed by atoms with Crippen LogP contribution in [0.2, 0.25) is 0 Å². The predicted molar refractivity (Wildman–Crippen MR) is 58.9 cm³/mol. The van der Waals surface area contributed by atoms with Crippen molar-refractivity contribution in [3.63, 3.8) is 0 Å². The highest BCUT2D eigenvalue weighted by Crippen LogP contribution is 2.20. The number of tetrazole rings is 1. The second-order valence-corrected chi connectivity index (χ2v) is 4.23. The molecule has 0 spiro atoms. The second kappa shape index (κ2) is 4.41. The standard InChI is InChI=1S/C11H11F2N5/c12-8-2-1-3-9(13)11(8)18-10(15-16-17-18)6-14-7-4-5-7/h1-3,7,14H,4-6H2. The molecule has 1 aromatic carbocycles. The van der Waals surface area contributed by atoms with Crippen LogP contribution in [-0.4, -0.2) is 26.2 Å². The summed E-state index contributed by atoms with van der Waals surface area (Å²) >= 11 is 0. The number of hydrogen-bond donors (Lipinski definition) is 1. The van der Waals surface area contributed by atoms with Crippen molar-refractivity contribution < 1.29 is 8.78 Å². The molecule has 1 aromatic heterocycles. The molecule has 0 saturated heterocycles. The van der Waals surface area contributed by atoms with Crippen LogP contribution in [0.1, 0.15) is 18.7 Å². The number of aromatic nitrogens is 4. The Kier molecular flexibility index (Phi) is 2.75. The van der Waals surface area contributed by atoms with Crippen molar-refractivity contribution in [3.8, 4) is 5.69 Å². The Labute approximate surface area is 102 Å². The van der Waals surface area contributed by atoms with Gasteiger partial charge in [-0.25, -0.2) is 8.78 Å². The Hall–Kier alpha value is -1.89. The first-order chi connectivity index (χ1) is 8.75. The molecule has 1 saturated carbocycles. The van der Waals surface area contributed by atoms with Crippen LogP contribution >= 0.6 is 0 Å². The summed E-state index contributed by atoms with van der Waals surface area (Å²) in [5.74, 6) is -0.976. The third kappa shape index (κ3) is 2.08. The normalized spacial score (nSPS) is 15.0. The number of nitrogens with one attached hydrogen (secondary N) is 1. The Balaban J connectivity index is 1.93. The van der Waals surface area contributed by atoms with Crippen molar-refractivity contribution in [2.75, 3.05) is 0 Å². The van der Waals surface area contributed by atoms with E-state index in [1.54, 1.807) is 0 Å². The summed E-state index contributed by atoms with van der Waals surface area (Å²) in [5, 5.41) is 14.1. The van der Waals surface area contributed by atoms with Crippen LogP contribution in [0.5, 0.6) is 0 Å². The zero-order valence-electron chi connectivity index (χ0n) is 9.48. The van der Waals surface area contributed by atoms with Gasteiger partial charge < -0.3 is 5.32 Å². The SMILES string of the molecule is Fc1cccc(F)c1-n1nnnc1CNC1CC1. The molecule has 0 atom stereocenters. The number of nitrogens with zero attached hydrogens (tertiary/aromatic N) is 4. The van der Waals surface area contributed by atoms with Gasteiger partial charge in [0.25, 0.3) is 0 Å². The van der Waals surface area contributed by atoms with Crippen molar-refractivity contribution in [3.05, 3.63) is 35.7 Å². The van der Waals surface area contributed by atoms with Crippen LogP contribution in [0, 0.1) is 11.6 Å². The van der Waals surface area contributed by atoms with E-state index in [2.05, 4.69) is 20.8 Å². The molecule has 18 heavy (non-hydrogen) atoms. The van der Waals surface area contributed by atoms with Crippen molar-refractivity contribution >= 4 is 0 Å². The fourth-order valence-corrected chi connectivity index (χ4v) is 1.70. The van der Waals surface area contributed by atoms with Gasteiger partial charge in [-0.2, -0.15) is 4.68 Å².